The summed E-state index contributed by atoms with van der Waals surface area (Å²) in [5.74, 6) is 1.57. The first-order chi connectivity index (χ1) is 5.65. The summed E-state index contributed by atoms with van der Waals surface area (Å²) in [5, 5.41) is 0. The minimum absolute atomic E-state index is 0.646. The van der Waals surface area contributed by atoms with E-state index in [2.05, 4.69) is 25.7 Å². The molecule has 1 heterocycles. The smallest absolute Gasteiger partial charge is 0.0244 e. The van der Waals surface area contributed by atoms with Crippen LogP contribution < -0.4 is 5.73 Å². The fraction of sp³-hybridized carbons (Fsp3) is 1.00. The van der Waals surface area contributed by atoms with Crippen LogP contribution in [0.1, 0.15) is 27.2 Å². The molecule has 0 radical (unpaired) electrons. The van der Waals surface area contributed by atoms with Crippen molar-refractivity contribution in [3.05, 3.63) is 0 Å². The largest absolute Gasteiger partial charge is 0.329 e. The van der Waals surface area contributed by atoms with Crippen LogP contribution in [-0.4, -0.2) is 30.6 Å². The number of nitrogens with zero attached hydrogens (tertiary/aromatic N) is 1. The Morgan fingerprint density at radius 1 is 1.50 bits per heavy atom. The molecule has 0 amide bonds. The van der Waals surface area contributed by atoms with E-state index < -0.39 is 0 Å². The van der Waals surface area contributed by atoms with Crippen molar-refractivity contribution in [2.45, 2.75) is 33.2 Å². The second-order valence-corrected chi connectivity index (χ2v) is 4.46. The Kier molecular flexibility index (Phi) is 3.53. The molecule has 1 aliphatic heterocycles. The quantitative estimate of drug-likeness (QED) is 0.692. The maximum atomic E-state index is 5.75. The Balaban J connectivity index is 2.43. The topological polar surface area (TPSA) is 29.3 Å². The summed E-state index contributed by atoms with van der Waals surface area (Å²) in [7, 11) is 0. The first-order valence-electron chi connectivity index (χ1n) is 5.09. The lowest BCUT2D eigenvalue weighted by Gasteiger charge is -2.26. The third kappa shape index (κ3) is 2.20. The van der Waals surface area contributed by atoms with Gasteiger partial charge in [-0.05, 0) is 24.8 Å². The van der Waals surface area contributed by atoms with E-state index in [-0.39, 0.29) is 0 Å². The van der Waals surface area contributed by atoms with E-state index in [9.17, 15) is 0 Å². The molecule has 1 saturated heterocycles. The van der Waals surface area contributed by atoms with Crippen molar-refractivity contribution in [2.24, 2.45) is 17.6 Å². The van der Waals surface area contributed by atoms with Gasteiger partial charge in [0.25, 0.3) is 0 Å². The molecular weight excluding hydrogens is 148 g/mol. The molecule has 2 atom stereocenters. The Morgan fingerprint density at radius 2 is 2.17 bits per heavy atom. The van der Waals surface area contributed by atoms with E-state index in [0.717, 1.165) is 18.4 Å². The van der Waals surface area contributed by atoms with Gasteiger partial charge in [-0.15, -0.1) is 0 Å². The molecule has 1 fully saturated rings. The highest BCUT2D eigenvalue weighted by Crippen LogP contribution is 2.23. The predicted molar refractivity (Wildman–Crippen MR) is 53.0 cm³/mol. The zero-order valence-corrected chi connectivity index (χ0v) is 8.59. The average molecular weight is 170 g/mol. The van der Waals surface area contributed by atoms with Crippen LogP contribution in [0.2, 0.25) is 0 Å². The van der Waals surface area contributed by atoms with Crippen LogP contribution in [0.5, 0.6) is 0 Å². The maximum absolute atomic E-state index is 5.75. The zero-order valence-electron chi connectivity index (χ0n) is 8.59. The van der Waals surface area contributed by atoms with Crippen LogP contribution in [0.15, 0.2) is 0 Å². The minimum atomic E-state index is 0.646. The van der Waals surface area contributed by atoms with Crippen molar-refractivity contribution >= 4 is 0 Å². The van der Waals surface area contributed by atoms with Gasteiger partial charge in [0.2, 0.25) is 0 Å². The van der Waals surface area contributed by atoms with Gasteiger partial charge >= 0.3 is 0 Å². The van der Waals surface area contributed by atoms with E-state index in [0.29, 0.717) is 6.04 Å². The molecule has 1 rings (SSSR count). The number of nitrogens with two attached hydrogens (primary N) is 1. The summed E-state index contributed by atoms with van der Waals surface area (Å²) in [4.78, 5) is 2.55. The van der Waals surface area contributed by atoms with Gasteiger partial charge in [-0.3, -0.25) is 4.90 Å². The van der Waals surface area contributed by atoms with E-state index in [4.69, 9.17) is 5.73 Å². The van der Waals surface area contributed by atoms with E-state index >= 15 is 0 Å². The summed E-state index contributed by atoms with van der Waals surface area (Å²) in [5.41, 5.74) is 5.75. The lowest BCUT2D eigenvalue weighted by molar-refractivity contribution is 0.212. The van der Waals surface area contributed by atoms with E-state index in [1.54, 1.807) is 0 Å². The number of rotatable bonds is 3. The second-order valence-electron chi connectivity index (χ2n) is 4.46. The second kappa shape index (κ2) is 4.24. The molecule has 0 aromatic heterocycles. The summed E-state index contributed by atoms with van der Waals surface area (Å²) < 4.78 is 0. The molecule has 2 nitrogen and oxygen atoms in total. The SMILES string of the molecule is CC(C)CN1CCC(C)C1CN. The molecule has 0 aromatic rings. The Labute approximate surface area is 76.1 Å². The van der Waals surface area contributed by atoms with E-state index in [1.165, 1.54) is 19.5 Å². The summed E-state index contributed by atoms with van der Waals surface area (Å²) in [6.07, 6.45) is 1.33. The highest BCUT2D eigenvalue weighted by atomic mass is 15.2. The first kappa shape index (κ1) is 10.0. The van der Waals surface area contributed by atoms with Gasteiger partial charge in [-0.1, -0.05) is 20.8 Å². The van der Waals surface area contributed by atoms with Crippen molar-refractivity contribution < 1.29 is 0 Å². The number of likely N-dealkylation sites (tertiary alicyclic amines) is 1. The standard InChI is InChI=1S/C10H22N2/c1-8(2)7-12-5-4-9(3)10(12)6-11/h8-10H,4-7,11H2,1-3H3. The van der Waals surface area contributed by atoms with Crippen molar-refractivity contribution in [3.63, 3.8) is 0 Å². The van der Waals surface area contributed by atoms with Crippen LogP contribution in [-0.2, 0) is 0 Å². The number of hydrogen-bond acceptors (Lipinski definition) is 2. The van der Waals surface area contributed by atoms with Gasteiger partial charge in [0.05, 0.1) is 0 Å². The fourth-order valence-electron chi connectivity index (χ4n) is 2.16. The van der Waals surface area contributed by atoms with Crippen molar-refractivity contribution in [1.82, 2.24) is 4.90 Å². The minimum Gasteiger partial charge on any atom is -0.329 e. The van der Waals surface area contributed by atoms with Crippen LogP contribution >= 0.6 is 0 Å². The Bertz CT molecular complexity index is 134. The third-order valence-corrected chi connectivity index (χ3v) is 2.84. The van der Waals surface area contributed by atoms with Gasteiger partial charge in [0.1, 0.15) is 0 Å². The molecule has 1 aliphatic rings. The highest BCUT2D eigenvalue weighted by molar-refractivity contribution is 4.85. The van der Waals surface area contributed by atoms with Crippen LogP contribution in [0.4, 0.5) is 0 Å². The van der Waals surface area contributed by atoms with Gasteiger partial charge in [0, 0.05) is 19.1 Å². The van der Waals surface area contributed by atoms with Crippen molar-refractivity contribution in [3.8, 4) is 0 Å². The molecule has 12 heavy (non-hydrogen) atoms. The van der Waals surface area contributed by atoms with Gasteiger partial charge < -0.3 is 5.73 Å². The van der Waals surface area contributed by atoms with Crippen molar-refractivity contribution in [2.75, 3.05) is 19.6 Å². The molecule has 2 unspecified atom stereocenters. The Hall–Kier alpha value is -0.0800. The normalized spacial score (nSPS) is 31.8. The third-order valence-electron chi connectivity index (χ3n) is 2.84. The van der Waals surface area contributed by atoms with E-state index in [1.807, 2.05) is 0 Å². The first-order valence-corrected chi connectivity index (χ1v) is 5.09. The molecule has 0 bridgehead atoms. The lowest BCUT2D eigenvalue weighted by Crippen LogP contribution is -2.40. The molecule has 2 N–H and O–H groups in total. The molecule has 0 saturated carbocycles. The lowest BCUT2D eigenvalue weighted by atomic mass is 10.0. The predicted octanol–water partition coefficient (Wildman–Crippen LogP) is 1.31. The van der Waals surface area contributed by atoms with Crippen molar-refractivity contribution in [1.29, 1.82) is 0 Å². The van der Waals surface area contributed by atoms with Crippen LogP contribution in [0, 0.1) is 11.8 Å². The molecule has 72 valence electrons. The molecule has 0 spiro atoms. The van der Waals surface area contributed by atoms with Gasteiger partial charge in [-0.2, -0.15) is 0 Å². The molecule has 0 aromatic carbocycles. The molecular formula is C10H22N2. The number of hydrogen-bond donors (Lipinski definition) is 1. The average Bonchev–Trinajstić information content (AvgIpc) is 2.30. The Morgan fingerprint density at radius 3 is 2.67 bits per heavy atom. The fourth-order valence-corrected chi connectivity index (χ4v) is 2.16. The summed E-state index contributed by atoms with van der Waals surface area (Å²) in [6.45, 7) is 10.2. The summed E-state index contributed by atoms with van der Waals surface area (Å²) >= 11 is 0. The van der Waals surface area contributed by atoms with Crippen LogP contribution in [0.25, 0.3) is 0 Å². The van der Waals surface area contributed by atoms with Gasteiger partial charge in [0.15, 0.2) is 0 Å². The molecule has 0 aliphatic carbocycles. The monoisotopic (exact) mass is 170 g/mol. The molecule has 2 heteroatoms. The highest BCUT2D eigenvalue weighted by Gasteiger charge is 2.29. The maximum Gasteiger partial charge on any atom is 0.0244 e. The summed E-state index contributed by atoms with van der Waals surface area (Å²) in [6, 6.07) is 0.646. The van der Waals surface area contributed by atoms with Crippen LogP contribution in [0.3, 0.4) is 0 Å². The van der Waals surface area contributed by atoms with Gasteiger partial charge in [-0.25, -0.2) is 0 Å². The zero-order chi connectivity index (χ0) is 9.14.